The molecule has 0 unspecified atom stereocenters. The summed E-state index contributed by atoms with van der Waals surface area (Å²) >= 11 is 0. The Morgan fingerprint density at radius 2 is 1.47 bits per heavy atom. The summed E-state index contributed by atoms with van der Waals surface area (Å²) in [6.45, 7) is 3.19. The summed E-state index contributed by atoms with van der Waals surface area (Å²) in [6.07, 6.45) is 12.3. The average molecular weight is 441 g/mol. The molecule has 4 rings (SSSR count). The molecule has 2 amide bonds. The number of carbonyl (C=O) groups excluding carboxylic acids is 2. The van der Waals surface area contributed by atoms with Gasteiger partial charge in [-0.25, -0.2) is 0 Å². The molecule has 32 heavy (non-hydrogen) atoms. The second kappa shape index (κ2) is 11.2. The van der Waals surface area contributed by atoms with E-state index in [2.05, 4.69) is 21.9 Å². The van der Waals surface area contributed by atoms with Gasteiger partial charge in [-0.05, 0) is 62.1 Å². The van der Waals surface area contributed by atoms with Gasteiger partial charge in [-0.1, -0.05) is 44.2 Å². The van der Waals surface area contributed by atoms with Crippen molar-refractivity contribution in [2.75, 3.05) is 26.7 Å². The maximum absolute atomic E-state index is 13.5. The third-order valence-electron chi connectivity index (χ3n) is 7.91. The Labute approximate surface area is 193 Å². The lowest BCUT2D eigenvalue weighted by Gasteiger charge is -2.37. The number of carbonyl (C=O) groups is 2. The van der Waals surface area contributed by atoms with Crippen molar-refractivity contribution in [3.05, 3.63) is 29.8 Å². The van der Waals surface area contributed by atoms with Gasteiger partial charge in [0.05, 0.1) is 7.11 Å². The second-order valence-corrected chi connectivity index (χ2v) is 10.2. The fourth-order valence-corrected chi connectivity index (χ4v) is 5.87. The highest BCUT2D eigenvalue weighted by atomic mass is 16.5. The summed E-state index contributed by atoms with van der Waals surface area (Å²) < 4.78 is 5.29. The minimum atomic E-state index is 0.186. The van der Waals surface area contributed by atoms with Gasteiger partial charge in [0.1, 0.15) is 5.75 Å². The Morgan fingerprint density at radius 3 is 2.09 bits per heavy atom. The van der Waals surface area contributed by atoms with Crippen LogP contribution in [0.1, 0.15) is 76.2 Å². The predicted octanol–water partition coefficient (Wildman–Crippen LogP) is 5.03. The number of methoxy groups -OCH3 is 1. The molecule has 0 N–H and O–H groups in total. The largest absolute Gasteiger partial charge is 0.497 e. The van der Waals surface area contributed by atoms with Crippen LogP contribution in [0.5, 0.6) is 5.75 Å². The molecule has 1 aromatic carbocycles. The molecule has 1 aromatic rings. The molecule has 3 fully saturated rings. The molecular formula is C27H40N2O3. The number of hydrogen-bond donors (Lipinski definition) is 0. The number of likely N-dealkylation sites (tertiary alicyclic amines) is 1. The van der Waals surface area contributed by atoms with Crippen LogP contribution in [0, 0.1) is 17.8 Å². The summed E-state index contributed by atoms with van der Waals surface area (Å²) in [5.74, 6) is 2.50. The van der Waals surface area contributed by atoms with Crippen LogP contribution in [0.4, 0.5) is 0 Å². The lowest BCUT2D eigenvalue weighted by atomic mass is 9.87. The molecule has 0 bridgehead atoms. The number of ether oxygens (including phenoxy) is 1. The minimum absolute atomic E-state index is 0.186. The Hall–Kier alpha value is -2.04. The van der Waals surface area contributed by atoms with Crippen molar-refractivity contribution in [3.8, 4) is 5.75 Å². The van der Waals surface area contributed by atoms with E-state index in [1.54, 1.807) is 7.11 Å². The smallest absolute Gasteiger partial charge is 0.225 e. The first kappa shape index (κ1) is 23.1. The van der Waals surface area contributed by atoms with Gasteiger partial charge in [0.15, 0.2) is 0 Å². The molecule has 0 radical (unpaired) electrons. The van der Waals surface area contributed by atoms with Crippen LogP contribution in [-0.4, -0.2) is 48.4 Å². The quantitative estimate of drug-likeness (QED) is 0.597. The maximum atomic E-state index is 13.5. The van der Waals surface area contributed by atoms with Gasteiger partial charge < -0.3 is 14.5 Å². The molecule has 2 saturated carbocycles. The molecule has 1 saturated heterocycles. The number of hydrogen-bond acceptors (Lipinski definition) is 3. The zero-order valence-corrected chi connectivity index (χ0v) is 19.8. The van der Waals surface area contributed by atoms with Crippen molar-refractivity contribution < 1.29 is 14.3 Å². The van der Waals surface area contributed by atoms with Crippen LogP contribution in [0.3, 0.4) is 0 Å². The molecular weight excluding hydrogens is 400 g/mol. The van der Waals surface area contributed by atoms with Crippen molar-refractivity contribution in [1.29, 1.82) is 0 Å². The molecule has 3 aliphatic rings. The summed E-state index contributed by atoms with van der Waals surface area (Å²) in [5.41, 5.74) is 1.16. The predicted molar refractivity (Wildman–Crippen MR) is 126 cm³/mol. The normalized spacial score (nSPS) is 21.0. The molecule has 0 aromatic heterocycles. The van der Waals surface area contributed by atoms with Gasteiger partial charge in [0, 0.05) is 38.0 Å². The van der Waals surface area contributed by atoms with E-state index in [0.29, 0.717) is 24.3 Å². The maximum Gasteiger partial charge on any atom is 0.225 e. The second-order valence-electron chi connectivity index (χ2n) is 10.2. The number of rotatable bonds is 7. The first-order chi connectivity index (χ1) is 15.6. The molecule has 0 atom stereocenters. The third-order valence-corrected chi connectivity index (χ3v) is 7.91. The van der Waals surface area contributed by atoms with Crippen molar-refractivity contribution >= 4 is 11.8 Å². The van der Waals surface area contributed by atoms with Crippen molar-refractivity contribution in [2.45, 2.75) is 77.2 Å². The third kappa shape index (κ3) is 5.85. The molecule has 1 aliphatic heterocycles. The first-order valence-electron chi connectivity index (χ1n) is 12.8. The number of amides is 2. The first-order valence-corrected chi connectivity index (χ1v) is 12.8. The molecule has 1 heterocycles. The summed E-state index contributed by atoms with van der Waals surface area (Å²) in [4.78, 5) is 30.5. The van der Waals surface area contributed by atoms with E-state index in [1.807, 2.05) is 12.1 Å². The van der Waals surface area contributed by atoms with Gasteiger partial charge in [-0.2, -0.15) is 0 Å². The summed E-state index contributed by atoms with van der Waals surface area (Å²) in [5, 5.41) is 0. The Morgan fingerprint density at radius 1 is 0.875 bits per heavy atom. The van der Waals surface area contributed by atoms with E-state index in [1.165, 1.54) is 32.1 Å². The lowest BCUT2D eigenvalue weighted by molar-refractivity contribution is -0.140. The highest BCUT2D eigenvalue weighted by molar-refractivity contribution is 5.79. The number of nitrogens with zero attached hydrogens (tertiary/aromatic N) is 2. The van der Waals surface area contributed by atoms with Gasteiger partial charge in [-0.15, -0.1) is 0 Å². The zero-order chi connectivity index (χ0) is 22.3. The van der Waals surface area contributed by atoms with E-state index in [9.17, 15) is 9.59 Å². The average Bonchev–Trinajstić information content (AvgIpc) is 3.39. The molecule has 5 heteroatoms. The van der Waals surface area contributed by atoms with Crippen LogP contribution in [-0.2, 0) is 16.1 Å². The minimum Gasteiger partial charge on any atom is -0.497 e. The van der Waals surface area contributed by atoms with Crippen LogP contribution in [0.15, 0.2) is 24.3 Å². The molecule has 2 aliphatic carbocycles. The van der Waals surface area contributed by atoms with Crippen molar-refractivity contribution in [2.24, 2.45) is 17.8 Å². The summed E-state index contributed by atoms with van der Waals surface area (Å²) in [6, 6.07) is 8.10. The van der Waals surface area contributed by atoms with Gasteiger partial charge in [-0.3, -0.25) is 9.59 Å². The van der Waals surface area contributed by atoms with E-state index in [0.717, 1.165) is 69.5 Å². The lowest BCUT2D eigenvalue weighted by Crippen LogP contribution is -2.45. The fraction of sp³-hybridized carbons (Fsp3) is 0.704. The highest BCUT2D eigenvalue weighted by Crippen LogP contribution is 2.30. The SMILES string of the molecule is COc1ccc(CN(CC2CCN(C(=O)C3CCCC3)CC2)C(=O)C2CCCCC2)cc1. The van der Waals surface area contributed by atoms with E-state index >= 15 is 0 Å². The highest BCUT2D eigenvalue weighted by Gasteiger charge is 2.32. The monoisotopic (exact) mass is 440 g/mol. The van der Waals surface area contributed by atoms with E-state index < -0.39 is 0 Å². The van der Waals surface area contributed by atoms with Crippen LogP contribution < -0.4 is 4.74 Å². The summed E-state index contributed by atoms with van der Waals surface area (Å²) in [7, 11) is 1.68. The number of piperidine rings is 1. The topological polar surface area (TPSA) is 49.9 Å². The van der Waals surface area contributed by atoms with E-state index in [-0.39, 0.29) is 11.8 Å². The van der Waals surface area contributed by atoms with Crippen LogP contribution in [0.25, 0.3) is 0 Å². The van der Waals surface area contributed by atoms with Crippen molar-refractivity contribution in [1.82, 2.24) is 9.80 Å². The van der Waals surface area contributed by atoms with Crippen molar-refractivity contribution in [3.63, 3.8) is 0 Å². The van der Waals surface area contributed by atoms with Crippen LogP contribution in [0.2, 0.25) is 0 Å². The molecule has 5 nitrogen and oxygen atoms in total. The van der Waals surface area contributed by atoms with Gasteiger partial charge in [0.25, 0.3) is 0 Å². The van der Waals surface area contributed by atoms with Gasteiger partial charge in [0.2, 0.25) is 11.8 Å². The Bertz CT molecular complexity index is 743. The zero-order valence-electron chi connectivity index (χ0n) is 19.8. The molecule has 0 spiro atoms. The standard InChI is InChI=1S/C27H40N2O3/c1-32-25-13-11-21(12-14-25)19-29(27(31)24-7-3-2-4-8-24)20-22-15-17-28(18-16-22)26(30)23-9-5-6-10-23/h11-14,22-24H,2-10,15-20H2,1H3. The number of benzene rings is 1. The molecule has 176 valence electrons. The Kier molecular flexibility index (Phi) is 8.10. The van der Waals surface area contributed by atoms with E-state index in [4.69, 9.17) is 4.74 Å². The fourth-order valence-electron chi connectivity index (χ4n) is 5.87. The Balaban J connectivity index is 1.37. The van der Waals surface area contributed by atoms with Gasteiger partial charge >= 0.3 is 0 Å². The van der Waals surface area contributed by atoms with Crippen LogP contribution >= 0.6 is 0 Å².